The van der Waals surface area contributed by atoms with Crippen molar-refractivity contribution >= 4 is 21.4 Å². The van der Waals surface area contributed by atoms with E-state index in [0.717, 1.165) is 11.3 Å². The zero-order chi connectivity index (χ0) is 16.7. The van der Waals surface area contributed by atoms with Crippen LogP contribution in [0.15, 0.2) is 64.3 Å². The Morgan fingerprint density at radius 3 is 2.54 bits per heavy atom. The lowest BCUT2D eigenvalue weighted by molar-refractivity contribution is 0.299. The van der Waals surface area contributed by atoms with Crippen molar-refractivity contribution in [1.29, 1.82) is 0 Å². The average Bonchev–Trinajstić information content (AvgIpc) is 3.26. The summed E-state index contributed by atoms with van der Waals surface area (Å²) in [7, 11) is -3.60. The monoisotopic (exact) mass is 362 g/mol. The molecular formula is C17H15FN2O2S2. The molecule has 124 valence electrons. The van der Waals surface area contributed by atoms with Gasteiger partial charge in [0.05, 0.1) is 6.04 Å². The molecular weight excluding hydrogens is 347 g/mol. The normalized spacial score (nSPS) is 18.5. The number of rotatable bonds is 3. The minimum atomic E-state index is -3.60. The first-order chi connectivity index (χ1) is 11.6. The van der Waals surface area contributed by atoms with Crippen molar-refractivity contribution in [3.63, 3.8) is 0 Å². The second kappa shape index (κ2) is 5.84. The van der Waals surface area contributed by atoms with Gasteiger partial charge < -0.3 is 4.57 Å². The number of benzene rings is 1. The van der Waals surface area contributed by atoms with Gasteiger partial charge in [-0.25, -0.2) is 12.8 Å². The van der Waals surface area contributed by atoms with Gasteiger partial charge in [-0.3, -0.25) is 0 Å². The van der Waals surface area contributed by atoms with E-state index in [1.54, 1.807) is 29.6 Å². The molecule has 0 fully saturated rings. The fraction of sp³-hybridized carbons (Fsp3) is 0.176. The van der Waals surface area contributed by atoms with Crippen molar-refractivity contribution in [1.82, 2.24) is 8.87 Å². The number of aromatic nitrogens is 1. The van der Waals surface area contributed by atoms with Crippen molar-refractivity contribution in [3.05, 3.63) is 77.2 Å². The maximum absolute atomic E-state index is 13.3. The van der Waals surface area contributed by atoms with E-state index < -0.39 is 16.1 Å². The van der Waals surface area contributed by atoms with E-state index >= 15 is 0 Å². The molecule has 0 N–H and O–H groups in total. The van der Waals surface area contributed by atoms with Crippen LogP contribution in [-0.2, 0) is 16.6 Å². The summed E-state index contributed by atoms with van der Waals surface area (Å²) in [5.74, 6) is -0.336. The fourth-order valence-electron chi connectivity index (χ4n) is 3.13. The predicted octanol–water partition coefficient (Wildman–Crippen LogP) is 3.48. The van der Waals surface area contributed by atoms with Gasteiger partial charge in [0, 0.05) is 25.0 Å². The van der Waals surface area contributed by atoms with E-state index in [-0.39, 0.29) is 5.82 Å². The standard InChI is InChI=1S/C17H15FN2O2S2/c18-14-7-5-13(6-8-14)17-15-3-1-9-19(15)10-11-20(17)24(21,22)16-4-2-12-23-16/h1-9,12,17H,10-11H2/t17-/m1/s1. The van der Waals surface area contributed by atoms with E-state index in [4.69, 9.17) is 0 Å². The van der Waals surface area contributed by atoms with Crippen LogP contribution in [0.4, 0.5) is 4.39 Å². The highest BCUT2D eigenvalue weighted by molar-refractivity contribution is 7.91. The fourth-order valence-corrected chi connectivity index (χ4v) is 5.83. The van der Waals surface area contributed by atoms with Crippen LogP contribution in [0.25, 0.3) is 0 Å². The quantitative estimate of drug-likeness (QED) is 0.716. The van der Waals surface area contributed by atoms with Crippen molar-refractivity contribution in [2.45, 2.75) is 16.8 Å². The zero-order valence-electron chi connectivity index (χ0n) is 12.7. The molecule has 1 atom stereocenters. The summed E-state index contributed by atoms with van der Waals surface area (Å²) < 4.78 is 43.4. The van der Waals surface area contributed by atoms with Crippen molar-refractivity contribution < 1.29 is 12.8 Å². The molecule has 1 aliphatic rings. The first-order valence-electron chi connectivity index (χ1n) is 7.53. The summed E-state index contributed by atoms with van der Waals surface area (Å²) in [6.45, 7) is 0.981. The Hall–Kier alpha value is -1.96. The molecule has 0 aliphatic carbocycles. The van der Waals surface area contributed by atoms with Gasteiger partial charge in [0.2, 0.25) is 0 Å². The van der Waals surface area contributed by atoms with Crippen LogP contribution >= 0.6 is 11.3 Å². The Kier molecular flexibility index (Phi) is 3.79. The van der Waals surface area contributed by atoms with Gasteiger partial charge in [-0.05, 0) is 41.3 Å². The molecule has 4 nitrogen and oxygen atoms in total. The molecule has 0 bridgehead atoms. The molecule has 0 spiro atoms. The van der Waals surface area contributed by atoms with E-state index in [1.165, 1.54) is 27.8 Å². The smallest absolute Gasteiger partial charge is 0.253 e. The van der Waals surface area contributed by atoms with E-state index in [1.807, 2.05) is 18.3 Å². The highest BCUT2D eigenvalue weighted by Crippen LogP contribution is 2.37. The topological polar surface area (TPSA) is 42.3 Å². The molecule has 0 amide bonds. The van der Waals surface area contributed by atoms with Crippen molar-refractivity contribution in [2.75, 3.05) is 6.54 Å². The van der Waals surface area contributed by atoms with Crippen molar-refractivity contribution in [3.8, 4) is 0 Å². The Morgan fingerprint density at radius 1 is 1.04 bits per heavy atom. The van der Waals surface area contributed by atoms with E-state index in [9.17, 15) is 12.8 Å². The van der Waals surface area contributed by atoms with Crippen LogP contribution in [-0.4, -0.2) is 23.8 Å². The third-order valence-electron chi connectivity index (χ3n) is 4.24. The number of hydrogen-bond acceptors (Lipinski definition) is 3. The lowest BCUT2D eigenvalue weighted by Gasteiger charge is -2.36. The number of sulfonamides is 1. The molecule has 24 heavy (non-hydrogen) atoms. The number of hydrogen-bond donors (Lipinski definition) is 0. The summed E-state index contributed by atoms with van der Waals surface area (Å²) in [6, 6.07) is 12.8. The third-order valence-corrected chi connectivity index (χ3v) is 7.48. The van der Waals surface area contributed by atoms with Gasteiger partial charge in [-0.1, -0.05) is 18.2 Å². The van der Waals surface area contributed by atoms with Crippen LogP contribution in [0.3, 0.4) is 0 Å². The van der Waals surface area contributed by atoms with E-state index in [0.29, 0.717) is 17.3 Å². The molecule has 4 rings (SSSR count). The van der Waals surface area contributed by atoms with Crippen LogP contribution in [0.2, 0.25) is 0 Å². The van der Waals surface area contributed by atoms with Crippen LogP contribution in [0.1, 0.15) is 17.3 Å². The first-order valence-corrected chi connectivity index (χ1v) is 9.85. The van der Waals surface area contributed by atoms with Crippen LogP contribution in [0, 0.1) is 5.82 Å². The Bertz CT molecular complexity index is 947. The lowest BCUT2D eigenvalue weighted by atomic mass is 10.0. The largest absolute Gasteiger partial charge is 0.348 e. The van der Waals surface area contributed by atoms with Gasteiger partial charge in [-0.15, -0.1) is 11.3 Å². The van der Waals surface area contributed by atoms with Gasteiger partial charge >= 0.3 is 0 Å². The molecule has 1 aliphatic heterocycles. The van der Waals surface area contributed by atoms with Crippen LogP contribution < -0.4 is 0 Å². The lowest BCUT2D eigenvalue weighted by Crippen LogP contribution is -2.42. The van der Waals surface area contributed by atoms with Gasteiger partial charge in [0.1, 0.15) is 10.0 Å². The van der Waals surface area contributed by atoms with Crippen LogP contribution in [0.5, 0.6) is 0 Å². The van der Waals surface area contributed by atoms with E-state index in [2.05, 4.69) is 4.57 Å². The molecule has 2 aromatic heterocycles. The first kappa shape index (κ1) is 15.6. The summed E-state index contributed by atoms with van der Waals surface area (Å²) in [6.07, 6.45) is 1.95. The molecule has 7 heteroatoms. The summed E-state index contributed by atoms with van der Waals surface area (Å²) in [5.41, 5.74) is 1.66. The van der Waals surface area contributed by atoms with Gasteiger partial charge in [0.25, 0.3) is 10.0 Å². The maximum atomic E-state index is 13.3. The number of halogens is 1. The minimum Gasteiger partial charge on any atom is -0.348 e. The minimum absolute atomic E-state index is 0.328. The number of fused-ring (bicyclic) bond motifs is 1. The Balaban J connectivity index is 1.86. The summed E-state index contributed by atoms with van der Waals surface area (Å²) >= 11 is 1.21. The third kappa shape index (κ3) is 2.49. The zero-order valence-corrected chi connectivity index (χ0v) is 14.3. The summed E-state index contributed by atoms with van der Waals surface area (Å²) in [5, 5.41) is 1.76. The average molecular weight is 362 g/mol. The Labute approximate surface area is 143 Å². The predicted molar refractivity (Wildman–Crippen MR) is 90.9 cm³/mol. The van der Waals surface area contributed by atoms with Gasteiger partial charge in [0.15, 0.2) is 0 Å². The SMILES string of the molecule is O=S(=O)(c1cccs1)N1CCn2cccc2[C@H]1c1ccc(F)cc1. The molecule has 1 aromatic carbocycles. The number of nitrogens with zero attached hydrogens (tertiary/aromatic N) is 2. The highest BCUT2D eigenvalue weighted by Gasteiger charge is 2.37. The molecule has 0 saturated heterocycles. The maximum Gasteiger partial charge on any atom is 0.253 e. The van der Waals surface area contributed by atoms with Gasteiger partial charge in [-0.2, -0.15) is 4.31 Å². The Morgan fingerprint density at radius 2 is 1.83 bits per heavy atom. The molecule has 0 saturated carbocycles. The second-order valence-electron chi connectivity index (χ2n) is 5.63. The molecule has 3 heterocycles. The molecule has 0 unspecified atom stereocenters. The van der Waals surface area contributed by atoms with Crippen molar-refractivity contribution in [2.24, 2.45) is 0 Å². The summed E-state index contributed by atoms with van der Waals surface area (Å²) in [4.78, 5) is 0. The highest BCUT2D eigenvalue weighted by atomic mass is 32.2. The second-order valence-corrected chi connectivity index (χ2v) is 8.69. The molecule has 0 radical (unpaired) electrons. The number of thiophene rings is 1. The molecule has 3 aromatic rings.